The number of amides is 1. The summed E-state index contributed by atoms with van der Waals surface area (Å²) in [4.78, 5) is 11.4. The molecular formula is C16H18N2O2. The minimum atomic E-state index is -0.260. The summed E-state index contributed by atoms with van der Waals surface area (Å²) in [6, 6.07) is 17.4. The number of hydrogen-bond acceptors (Lipinski definition) is 3. The third-order valence-corrected chi connectivity index (χ3v) is 3.16. The Morgan fingerprint density at radius 3 is 2.40 bits per heavy atom. The van der Waals surface area contributed by atoms with Crippen molar-refractivity contribution in [2.75, 3.05) is 0 Å². The molecule has 2 rings (SSSR count). The number of carbonyl (C=O) groups excluding carboxylic acids is 1. The molecule has 0 heterocycles. The Kier molecular flexibility index (Phi) is 4.74. The molecule has 2 aromatic rings. The van der Waals surface area contributed by atoms with Gasteiger partial charge < -0.3 is 4.74 Å². The number of para-hydroxylation sites is 1. The largest absolute Gasteiger partial charge is 0.489 e. The van der Waals surface area contributed by atoms with Gasteiger partial charge in [-0.2, -0.15) is 0 Å². The summed E-state index contributed by atoms with van der Waals surface area (Å²) in [5.41, 5.74) is 4.14. The molecule has 0 radical (unpaired) electrons. The van der Waals surface area contributed by atoms with Crippen LogP contribution in [0.15, 0.2) is 54.6 Å². The zero-order valence-corrected chi connectivity index (χ0v) is 11.4. The highest BCUT2D eigenvalue weighted by molar-refractivity contribution is 5.82. The number of nitrogens with two attached hydrogens (primary N) is 1. The van der Waals surface area contributed by atoms with Gasteiger partial charge in [-0.25, -0.2) is 5.84 Å². The molecule has 4 heteroatoms. The standard InChI is InChI=1S/C16H18N2O2/c1-12(16(19)18-17)14-9-7-13(8-10-14)11-20-15-5-3-2-4-6-15/h2-10,12H,11,17H2,1H3,(H,18,19). The maximum absolute atomic E-state index is 11.4. The molecule has 0 fully saturated rings. The lowest BCUT2D eigenvalue weighted by atomic mass is 9.99. The molecule has 1 unspecified atom stereocenters. The van der Waals surface area contributed by atoms with Crippen molar-refractivity contribution in [3.8, 4) is 5.75 Å². The van der Waals surface area contributed by atoms with Crippen LogP contribution in [0.3, 0.4) is 0 Å². The van der Waals surface area contributed by atoms with Gasteiger partial charge in [-0.05, 0) is 30.2 Å². The Bertz CT molecular complexity index is 552. The van der Waals surface area contributed by atoms with Crippen LogP contribution in [-0.4, -0.2) is 5.91 Å². The second-order valence-corrected chi connectivity index (χ2v) is 4.57. The molecule has 1 atom stereocenters. The van der Waals surface area contributed by atoms with Crippen LogP contribution in [0.5, 0.6) is 5.75 Å². The molecule has 0 spiro atoms. The smallest absolute Gasteiger partial charge is 0.241 e. The van der Waals surface area contributed by atoms with Crippen molar-refractivity contribution in [3.05, 3.63) is 65.7 Å². The number of hydrazine groups is 1. The molecule has 104 valence electrons. The van der Waals surface area contributed by atoms with Gasteiger partial charge in [-0.15, -0.1) is 0 Å². The Morgan fingerprint density at radius 2 is 1.80 bits per heavy atom. The van der Waals surface area contributed by atoms with Crippen molar-refractivity contribution in [2.24, 2.45) is 5.84 Å². The summed E-state index contributed by atoms with van der Waals surface area (Å²) < 4.78 is 5.66. The molecular weight excluding hydrogens is 252 g/mol. The van der Waals surface area contributed by atoms with Crippen molar-refractivity contribution in [1.82, 2.24) is 5.43 Å². The predicted molar refractivity (Wildman–Crippen MR) is 78.0 cm³/mol. The van der Waals surface area contributed by atoms with Gasteiger partial charge >= 0.3 is 0 Å². The van der Waals surface area contributed by atoms with E-state index < -0.39 is 0 Å². The molecule has 0 saturated carbocycles. The van der Waals surface area contributed by atoms with E-state index in [4.69, 9.17) is 10.6 Å². The molecule has 1 amide bonds. The average molecular weight is 270 g/mol. The van der Waals surface area contributed by atoms with Crippen molar-refractivity contribution in [2.45, 2.75) is 19.4 Å². The summed E-state index contributed by atoms with van der Waals surface area (Å²) >= 11 is 0. The van der Waals surface area contributed by atoms with Crippen molar-refractivity contribution < 1.29 is 9.53 Å². The average Bonchev–Trinajstić information content (AvgIpc) is 2.53. The van der Waals surface area contributed by atoms with Gasteiger partial charge in [0.1, 0.15) is 12.4 Å². The van der Waals surface area contributed by atoms with Crippen LogP contribution < -0.4 is 16.0 Å². The summed E-state index contributed by atoms with van der Waals surface area (Å²) in [6.45, 7) is 2.32. The third kappa shape index (κ3) is 3.59. The summed E-state index contributed by atoms with van der Waals surface area (Å²) in [5.74, 6) is 5.52. The number of benzene rings is 2. The quantitative estimate of drug-likeness (QED) is 0.498. The molecule has 3 N–H and O–H groups in total. The van der Waals surface area contributed by atoms with Crippen LogP contribution in [0.4, 0.5) is 0 Å². The monoisotopic (exact) mass is 270 g/mol. The maximum atomic E-state index is 11.4. The highest BCUT2D eigenvalue weighted by atomic mass is 16.5. The highest BCUT2D eigenvalue weighted by Gasteiger charge is 2.13. The van der Waals surface area contributed by atoms with Gasteiger partial charge in [-0.3, -0.25) is 10.2 Å². The van der Waals surface area contributed by atoms with Gasteiger partial charge in [0, 0.05) is 0 Å². The fourth-order valence-corrected chi connectivity index (χ4v) is 1.86. The molecule has 0 bridgehead atoms. The zero-order valence-electron chi connectivity index (χ0n) is 11.4. The van der Waals surface area contributed by atoms with Crippen LogP contribution in [0.2, 0.25) is 0 Å². The van der Waals surface area contributed by atoms with E-state index in [-0.39, 0.29) is 11.8 Å². The predicted octanol–water partition coefficient (Wildman–Crippen LogP) is 2.36. The van der Waals surface area contributed by atoms with E-state index in [0.29, 0.717) is 6.61 Å². The molecule has 4 nitrogen and oxygen atoms in total. The SMILES string of the molecule is CC(C(=O)NN)c1ccc(COc2ccccc2)cc1. The van der Waals surface area contributed by atoms with Crippen LogP contribution in [-0.2, 0) is 11.4 Å². The molecule has 0 aromatic heterocycles. The van der Waals surface area contributed by atoms with Crippen LogP contribution >= 0.6 is 0 Å². The van der Waals surface area contributed by atoms with Crippen molar-refractivity contribution >= 4 is 5.91 Å². The number of ether oxygens (including phenoxy) is 1. The van der Waals surface area contributed by atoms with Crippen molar-refractivity contribution in [1.29, 1.82) is 0 Å². The topological polar surface area (TPSA) is 64.4 Å². The molecule has 20 heavy (non-hydrogen) atoms. The second kappa shape index (κ2) is 6.73. The number of rotatable bonds is 5. The Labute approximate surface area is 118 Å². The van der Waals surface area contributed by atoms with Crippen LogP contribution in [0.1, 0.15) is 24.0 Å². The Balaban J connectivity index is 1.96. The van der Waals surface area contributed by atoms with Gasteiger partial charge in [0.05, 0.1) is 5.92 Å². The molecule has 2 aromatic carbocycles. The van der Waals surface area contributed by atoms with E-state index in [1.807, 2.05) is 61.5 Å². The van der Waals surface area contributed by atoms with E-state index >= 15 is 0 Å². The van der Waals surface area contributed by atoms with Crippen LogP contribution in [0, 0.1) is 0 Å². The first-order chi connectivity index (χ1) is 9.70. The van der Waals surface area contributed by atoms with Gasteiger partial charge in [0.2, 0.25) is 5.91 Å². The highest BCUT2D eigenvalue weighted by Crippen LogP contribution is 2.17. The Morgan fingerprint density at radius 1 is 1.15 bits per heavy atom. The third-order valence-electron chi connectivity index (χ3n) is 3.16. The van der Waals surface area contributed by atoms with Gasteiger partial charge in [0.15, 0.2) is 0 Å². The number of carbonyl (C=O) groups is 1. The van der Waals surface area contributed by atoms with Crippen LogP contribution in [0.25, 0.3) is 0 Å². The fraction of sp³-hybridized carbons (Fsp3) is 0.188. The maximum Gasteiger partial charge on any atom is 0.241 e. The number of nitrogens with one attached hydrogen (secondary N) is 1. The minimum Gasteiger partial charge on any atom is -0.489 e. The molecule has 0 saturated heterocycles. The number of hydrogen-bond donors (Lipinski definition) is 2. The van der Waals surface area contributed by atoms with E-state index in [1.165, 1.54) is 0 Å². The minimum absolute atomic E-state index is 0.196. The van der Waals surface area contributed by atoms with E-state index in [2.05, 4.69) is 5.43 Å². The van der Waals surface area contributed by atoms with Gasteiger partial charge in [0.25, 0.3) is 0 Å². The van der Waals surface area contributed by atoms with Gasteiger partial charge in [-0.1, -0.05) is 42.5 Å². The first-order valence-electron chi connectivity index (χ1n) is 6.48. The van der Waals surface area contributed by atoms with Crippen molar-refractivity contribution in [3.63, 3.8) is 0 Å². The van der Waals surface area contributed by atoms with E-state index in [9.17, 15) is 4.79 Å². The molecule has 0 aliphatic carbocycles. The summed E-state index contributed by atoms with van der Waals surface area (Å²) in [5, 5.41) is 0. The lowest BCUT2D eigenvalue weighted by Gasteiger charge is -2.11. The molecule has 0 aliphatic heterocycles. The van der Waals surface area contributed by atoms with E-state index in [1.54, 1.807) is 0 Å². The Hall–Kier alpha value is -2.33. The first kappa shape index (κ1) is 14.1. The lowest BCUT2D eigenvalue weighted by molar-refractivity contribution is -0.122. The first-order valence-corrected chi connectivity index (χ1v) is 6.48. The summed E-state index contributed by atoms with van der Waals surface area (Å²) in [6.07, 6.45) is 0. The normalized spacial score (nSPS) is 11.7. The lowest BCUT2D eigenvalue weighted by Crippen LogP contribution is -2.33. The molecule has 0 aliphatic rings. The fourth-order valence-electron chi connectivity index (χ4n) is 1.86. The van der Waals surface area contributed by atoms with E-state index in [0.717, 1.165) is 16.9 Å². The zero-order chi connectivity index (χ0) is 14.4. The summed E-state index contributed by atoms with van der Waals surface area (Å²) in [7, 11) is 0. The second-order valence-electron chi connectivity index (χ2n) is 4.57.